The summed E-state index contributed by atoms with van der Waals surface area (Å²) in [5, 5.41) is 15.4. The molecule has 1 heterocycles. The van der Waals surface area contributed by atoms with Gasteiger partial charge < -0.3 is 10.4 Å². The molecule has 0 aliphatic carbocycles. The van der Waals surface area contributed by atoms with Gasteiger partial charge in [-0.05, 0) is 37.6 Å². The fourth-order valence-corrected chi connectivity index (χ4v) is 2.01. The third kappa shape index (κ3) is 3.65. The van der Waals surface area contributed by atoms with Gasteiger partial charge in [0.25, 0.3) is 5.91 Å². The highest BCUT2D eigenvalue weighted by molar-refractivity contribution is 5.95. The minimum absolute atomic E-state index is 0.109. The number of nitrogens with one attached hydrogen (secondary N) is 1. The number of aryl methyl sites for hydroxylation is 1. The second kappa shape index (κ2) is 6.17. The Morgan fingerprint density at radius 3 is 2.76 bits per heavy atom. The third-order valence-corrected chi connectivity index (χ3v) is 2.98. The number of carbonyl (C=O) groups excluding carboxylic acids is 1. The highest BCUT2D eigenvalue weighted by Crippen LogP contribution is 2.14. The molecule has 0 aliphatic heterocycles. The number of rotatable bonds is 5. The van der Waals surface area contributed by atoms with Crippen LogP contribution in [-0.2, 0) is 4.79 Å². The Bertz CT molecular complexity index is 652. The van der Waals surface area contributed by atoms with E-state index in [4.69, 9.17) is 5.11 Å². The number of nitrogens with zero attached hydrogens (tertiary/aromatic N) is 3. The number of benzene rings is 1. The van der Waals surface area contributed by atoms with Gasteiger partial charge in [-0.3, -0.25) is 9.59 Å². The van der Waals surface area contributed by atoms with E-state index in [0.29, 0.717) is 5.56 Å². The monoisotopic (exact) mass is 288 g/mol. The van der Waals surface area contributed by atoms with E-state index in [1.165, 1.54) is 6.33 Å². The maximum atomic E-state index is 12.0. The Hall–Kier alpha value is -2.70. The average molecular weight is 288 g/mol. The van der Waals surface area contributed by atoms with E-state index in [1.807, 2.05) is 6.92 Å². The quantitative estimate of drug-likeness (QED) is 0.860. The number of carboxylic acids is 1. The molecule has 2 aromatic rings. The first-order valence-electron chi connectivity index (χ1n) is 6.45. The van der Waals surface area contributed by atoms with Gasteiger partial charge in [0.1, 0.15) is 12.7 Å². The van der Waals surface area contributed by atoms with Crippen LogP contribution >= 0.6 is 0 Å². The van der Waals surface area contributed by atoms with Crippen molar-refractivity contribution >= 4 is 11.9 Å². The Kier molecular flexibility index (Phi) is 4.32. The van der Waals surface area contributed by atoms with Crippen molar-refractivity contribution in [1.29, 1.82) is 0 Å². The molecule has 0 bridgehead atoms. The molecule has 7 heteroatoms. The van der Waals surface area contributed by atoms with Gasteiger partial charge in [0.15, 0.2) is 0 Å². The van der Waals surface area contributed by atoms with E-state index in [1.54, 1.807) is 36.1 Å². The molecule has 7 nitrogen and oxygen atoms in total. The molecule has 1 aromatic heterocycles. The molecule has 1 unspecified atom stereocenters. The number of aromatic nitrogens is 3. The van der Waals surface area contributed by atoms with E-state index in [2.05, 4.69) is 15.4 Å². The van der Waals surface area contributed by atoms with Crippen LogP contribution < -0.4 is 5.32 Å². The summed E-state index contributed by atoms with van der Waals surface area (Å²) in [7, 11) is 0. The first kappa shape index (κ1) is 14.7. The number of hydrogen-bond acceptors (Lipinski definition) is 4. The second-order valence-electron chi connectivity index (χ2n) is 4.81. The smallest absolute Gasteiger partial charge is 0.305 e. The summed E-state index contributed by atoms with van der Waals surface area (Å²) < 4.78 is 1.62. The van der Waals surface area contributed by atoms with Crippen LogP contribution in [0.1, 0.15) is 29.3 Å². The van der Waals surface area contributed by atoms with Crippen LogP contribution in [0.5, 0.6) is 0 Å². The van der Waals surface area contributed by atoms with Crippen LogP contribution in [0.25, 0.3) is 5.69 Å². The summed E-state index contributed by atoms with van der Waals surface area (Å²) >= 11 is 0. The van der Waals surface area contributed by atoms with Gasteiger partial charge in [0, 0.05) is 11.6 Å². The van der Waals surface area contributed by atoms with E-state index in [9.17, 15) is 9.59 Å². The zero-order chi connectivity index (χ0) is 15.4. The lowest BCUT2D eigenvalue weighted by atomic mass is 10.1. The fourth-order valence-electron chi connectivity index (χ4n) is 2.01. The van der Waals surface area contributed by atoms with Gasteiger partial charge in [0.2, 0.25) is 0 Å². The molecular formula is C14H16N4O3. The highest BCUT2D eigenvalue weighted by Gasteiger charge is 2.13. The molecule has 2 N–H and O–H groups in total. The SMILES string of the molecule is Cc1cc(C(=O)NC(C)CC(=O)O)ccc1-n1cncn1. The summed E-state index contributed by atoms with van der Waals surface area (Å²) in [5.41, 5.74) is 2.19. The number of hydrogen-bond donors (Lipinski definition) is 2. The third-order valence-electron chi connectivity index (χ3n) is 2.98. The molecule has 0 fully saturated rings. The molecule has 21 heavy (non-hydrogen) atoms. The number of carboxylic acid groups (broad SMARTS) is 1. The Morgan fingerprint density at radius 1 is 1.43 bits per heavy atom. The normalized spacial score (nSPS) is 11.9. The zero-order valence-corrected chi connectivity index (χ0v) is 11.8. The summed E-state index contributed by atoms with van der Waals surface area (Å²) in [5.74, 6) is -1.24. The van der Waals surface area contributed by atoms with Crippen LogP contribution in [0.15, 0.2) is 30.9 Å². The largest absolute Gasteiger partial charge is 0.481 e. The number of carbonyl (C=O) groups is 2. The minimum Gasteiger partial charge on any atom is -0.481 e. The lowest BCUT2D eigenvalue weighted by Crippen LogP contribution is -2.34. The van der Waals surface area contributed by atoms with Gasteiger partial charge in [0.05, 0.1) is 12.1 Å². The van der Waals surface area contributed by atoms with Gasteiger partial charge in [-0.1, -0.05) is 0 Å². The molecule has 110 valence electrons. The van der Waals surface area contributed by atoms with Crippen molar-refractivity contribution in [2.75, 3.05) is 0 Å². The summed E-state index contributed by atoms with van der Waals surface area (Å²) in [4.78, 5) is 26.5. The van der Waals surface area contributed by atoms with E-state index >= 15 is 0 Å². The summed E-state index contributed by atoms with van der Waals surface area (Å²) in [6.45, 7) is 3.52. The van der Waals surface area contributed by atoms with E-state index in [-0.39, 0.29) is 12.3 Å². The van der Waals surface area contributed by atoms with Crippen molar-refractivity contribution in [2.45, 2.75) is 26.3 Å². The zero-order valence-electron chi connectivity index (χ0n) is 11.8. The molecule has 1 amide bonds. The van der Waals surface area contributed by atoms with Crippen molar-refractivity contribution in [1.82, 2.24) is 20.1 Å². The van der Waals surface area contributed by atoms with Crippen LogP contribution in [0, 0.1) is 6.92 Å². The lowest BCUT2D eigenvalue weighted by molar-refractivity contribution is -0.137. The van der Waals surface area contributed by atoms with Crippen LogP contribution in [0.4, 0.5) is 0 Å². The maximum Gasteiger partial charge on any atom is 0.305 e. The van der Waals surface area contributed by atoms with Gasteiger partial charge >= 0.3 is 5.97 Å². The average Bonchev–Trinajstić information content (AvgIpc) is 2.91. The lowest BCUT2D eigenvalue weighted by Gasteiger charge is -2.13. The first-order chi connectivity index (χ1) is 9.97. The van der Waals surface area contributed by atoms with Gasteiger partial charge in [-0.15, -0.1) is 0 Å². The Morgan fingerprint density at radius 2 is 2.19 bits per heavy atom. The fraction of sp³-hybridized carbons (Fsp3) is 0.286. The molecule has 0 saturated carbocycles. The minimum atomic E-state index is -0.944. The molecule has 0 radical (unpaired) electrons. The topological polar surface area (TPSA) is 97.1 Å². The first-order valence-corrected chi connectivity index (χ1v) is 6.45. The maximum absolute atomic E-state index is 12.0. The van der Waals surface area contributed by atoms with Gasteiger partial charge in [-0.25, -0.2) is 9.67 Å². The molecule has 0 aliphatic rings. The number of amides is 1. The summed E-state index contributed by atoms with van der Waals surface area (Å²) in [6, 6.07) is 4.76. The Balaban J connectivity index is 2.13. The molecule has 0 spiro atoms. The molecule has 1 atom stereocenters. The van der Waals surface area contributed by atoms with Crippen LogP contribution in [-0.4, -0.2) is 37.8 Å². The molecule has 2 rings (SSSR count). The molecular weight excluding hydrogens is 272 g/mol. The van der Waals surface area contributed by atoms with E-state index < -0.39 is 12.0 Å². The second-order valence-corrected chi connectivity index (χ2v) is 4.81. The van der Waals surface area contributed by atoms with Crippen molar-refractivity contribution < 1.29 is 14.7 Å². The molecule has 0 saturated heterocycles. The Labute approximate surface area is 121 Å². The van der Waals surface area contributed by atoms with Crippen molar-refractivity contribution in [3.63, 3.8) is 0 Å². The van der Waals surface area contributed by atoms with Crippen LogP contribution in [0.2, 0.25) is 0 Å². The van der Waals surface area contributed by atoms with Crippen LogP contribution in [0.3, 0.4) is 0 Å². The number of aliphatic carboxylic acids is 1. The standard InChI is InChI=1S/C14H16N4O3/c1-9-5-11(14(21)17-10(2)6-13(19)20)3-4-12(9)18-8-15-7-16-18/h3-5,7-8,10H,6H2,1-2H3,(H,17,21)(H,19,20). The van der Waals surface area contributed by atoms with Crippen molar-refractivity contribution in [3.8, 4) is 5.69 Å². The van der Waals surface area contributed by atoms with E-state index in [0.717, 1.165) is 11.3 Å². The van der Waals surface area contributed by atoms with Gasteiger partial charge in [-0.2, -0.15) is 5.10 Å². The van der Waals surface area contributed by atoms with Crippen molar-refractivity contribution in [2.24, 2.45) is 0 Å². The van der Waals surface area contributed by atoms with Crippen molar-refractivity contribution in [3.05, 3.63) is 42.0 Å². The summed E-state index contributed by atoms with van der Waals surface area (Å²) in [6.07, 6.45) is 2.91. The highest BCUT2D eigenvalue weighted by atomic mass is 16.4. The molecule has 1 aromatic carbocycles. The predicted molar refractivity (Wildman–Crippen MR) is 75.3 cm³/mol. The predicted octanol–water partition coefficient (Wildman–Crippen LogP) is 1.17.